The van der Waals surface area contributed by atoms with Gasteiger partial charge in [0.05, 0.1) is 5.56 Å². The number of rotatable bonds is 4. The van der Waals surface area contributed by atoms with Crippen molar-refractivity contribution in [3.05, 3.63) is 23.8 Å². The molecule has 2 atom stereocenters. The molecule has 0 bridgehead atoms. The Labute approximate surface area is 135 Å². The largest absolute Gasteiger partial charge is 0.409 e. The molecule has 116 valence electrons. The normalized spacial score (nSPS) is 23.4. The van der Waals surface area contributed by atoms with E-state index in [2.05, 4.69) is 43.0 Å². The van der Waals surface area contributed by atoms with Crippen molar-refractivity contribution in [3.8, 4) is 0 Å². The molecule has 0 aromatic heterocycles. The first-order valence-corrected chi connectivity index (χ1v) is 9.13. The minimum absolute atomic E-state index is 0.195. The smallest absolute Gasteiger partial charge is 0.173 e. The van der Waals surface area contributed by atoms with Gasteiger partial charge >= 0.3 is 0 Å². The number of nitrogens with two attached hydrogens (primary N) is 1. The van der Waals surface area contributed by atoms with Crippen LogP contribution in [-0.2, 0) is 0 Å². The monoisotopic (exact) mass is 325 g/mol. The van der Waals surface area contributed by atoms with Gasteiger partial charge in [-0.1, -0.05) is 32.0 Å². The van der Waals surface area contributed by atoms with Crippen molar-refractivity contribution in [2.75, 3.05) is 23.7 Å². The topological polar surface area (TPSA) is 61.8 Å². The maximum absolute atomic E-state index is 9.14. The summed E-state index contributed by atoms with van der Waals surface area (Å²) in [7, 11) is 0. The Kier molecular flexibility index (Phi) is 5.70. The van der Waals surface area contributed by atoms with Gasteiger partial charge in [0, 0.05) is 34.2 Å². The van der Waals surface area contributed by atoms with E-state index in [1.807, 2.05) is 17.8 Å². The zero-order chi connectivity index (χ0) is 15.4. The van der Waals surface area contributed by atoms with E-state index in [9.17, 15) is 0 Å². The number of hydrogen-bond donors (Lipinski definition) is 2. The molecule has 0 amide bonds. The van der Waals surface area contributed by atoms with E-state index in [1.165, 1.54) is 0 Å². The molecule has 0 spiro atoms. The molecule has 1 fully saturated rings. The fourth-order valence-electron chi connectivity index (χ4n) is 2.74. The summed E-state index contributed by atoms with van der Waals surface area (Å²) in [5.74, 6) is 1.15. The van der Waals surface area contributed by atoms with Gasteiger partial charge in [0.2, 0.25) is 0 Å². The summed E-state index contributed by atoms with van der Waals surface area (Å²) in [6.45, 7) is 8.58. The van der Waals surface area contributed by atoms with E-state index >= 15 is 0 Å². The second kappa shape index (κ2) is 7.31. The van der Waals surface area contributed by atoms with Crippen molar-refractivity contribution in [2.24, 2.45) is 10.9 Å². The van der Waals surface area contributed by atoms with E-state index in [1.54, 1.807) is 11.8 Å². The van der Waals surface area contributed by atoms with Crippen LogP contribution >= 0.6 is 23.5 Å². The van der Waals surface area contributed by atoms with Crippen LogP contribution in [-0.4, -0.2) is 40.4 Å². The molecule has 0 radical (unpaired) electrons. The Morgan fingerprint density at radius 2 is 2.10 bits per heavy atom. The molecule has 2 unspecified atom stereocenters. The zero-order valence-corrected chi connectivity index (χ0v) is 14.4. The lowest BCUT2D eigenvalue weighted by Gasteiger charge is -2.37. The molecule has 6 heteroatoms. The SMILES string of the molecule is CCSc1cccc(N2CC(C)SC(C)C2)c1/C(N)=N/O. The summed E-state index contributed by atoms with van der Waals surface area (Å²) in [6.07, 6.45) is 0. The second-order valence-electron chi connectivity index (χ2n) is 5.23. The third-order valence-electron chi connectivity index (χ3n) is 3.43. The molecule has 1 heterocycles. The van der Waals surface area contributed by atoms with Gasteiger partial charge in [-0.2, -0.15) is 11.8 Å². The molecule has 1 aliphatic heterocycles. The first kappa shape index (κ1) is 16.4. The van der Waals surface area contributed by atoms with Crippen molar-refractivity contribution in [1.82, 2.24) is 0 Å². The van der Waals surface area contributed by atoms with Crippen molar-refractivity contribution >= 4 is 35.0 Å². The first-order valence-electron chi connectivity index (χ1n) is 7.20. The number of benzene rings is 1. The molecule has 2 rings (SSSR count). The van der Waals surface area contributed by atoms with Gasteiger partial charge in [0.25, 0.3) is 0 Å². The average molecular weight is 326 g/mol. The van der Waals surface area contributed by atoms with Crippen LogP contribution in [0.2, 0.25) is 0 Å². The van der Waals surface area contributed by atoms with Crippen LogP contribution < -0.4 is 10.6 Å². The molecule has 1 aromatic carbocycles. The van der Waals surface area contributed by atoms with Crippen molar-refractivity contribution < 1.29 is 5.21 Å². The second-order valence-corrected chi connectivity index (χ2v) is 8.42. The summed E-state index contributed by atoms with van der Waals surface area (Å²) >= 11 is 3.74. The fraction of sp³-hybridized carbons (Fsp3) is 0.533. The number of anilines is 1. The Balaban J connectivity index is 2.44. The highest BCUT2D eigenvalue weighted by atomic mass is 32.2. The van der Waals surface area contributed by atoms with E-state index in [0.717, 1.165) is 35.0 Å². The van der Waals surface area contributed by atoms with Gasteiger partial charge < -0.3 is 15.8 Å². The van der Waals surface area contributed by atoms with E-state index < -0.39 is 0 Å². The van der Waals surface area contributed by atoms with E-state index in [-0.39, 0.29) is 5.84 Å². The molecule has 1 aromatic rings. The Morgan fingerprint density at radius 3 is 2.67 bits per heavy atom. The minimum Gasteiger partial charge on any atom is -0.409 e. The molecule has 4 nitrogen and oxygen atoms in total. The van der Waals surface area contributed by atoms with Crippen LogP contribution in [0.1, 0.15) is 26.3 Å². The molecule has 3 N–H and O–H groups in total. The fourth-order valence-corrected chi connectivity index (χ4v) is 4.91. The predicted octanol–water partition coefficient (Wildman–Crippen LogP) is 3.22. The quantitative estimate of drug-likeness (QED) is 0.293. The van der Waals surface area contributed by atoms with E-state index in [4.69, 9.17) is 10.9 Å². The number of nitrogens with zero attached hydrogens (tertiary/aromatic N) is 2. The Hall–Kier alpha value is -1.01. The van der Waals surface area contributed by atoms with Crippen LogP contribution in [0, 0.1) is 0 Å². The maximum Gasteiger partial charge on any atom is 0.173 e. The highest BCUT2D eigenvalue weighted by Crippen LogP contribution is 2.34. The minimum atomic E-state index is 0.195. The lowest BCUT2D eigenvalue weighted by Crippen LogP contribution is -2.41. The number of hydrogen-bond acceptors (Lipinski definition) is 5. The van der Waals surface area contributed by atoms with E-state index in [0.29, 0.717) is 10.5 Å². The number of amidine groups is 1. The standard InChI is InChI=1S/C15H23N3OS2/c1-4-20-13-7-5-6-12(14(13)15(16)17-19)18-8-10(2)21-11(3)9-18/h5-7,10-11,19H,4,8-9H2,1-3H3,(H2,16,17). The number of thioether (sulfide) groups is 2. The molecular formula is C15H23N3OS2. The van der Waals surface area contributed by atoms with Gasteiger partial charge in [0.15, 0.2) is 5.84 Å². The Bertz CT molecular complexity index is 512. The first-order chi connectivity index (χ1) is 10.1. The lowest BCUT2D eigenvalue weighted by atomic mass is 10.1. The van der Waals surface area contributed by atoms with Crippen LogP contribution in [0.15, 0.2) is 28.3 Å². The summed E-state index contributed by atoms with van der Waals surface area (Å²) in [6, 6.07) is 6.16. The van der Waals surface area contributed by atoms with Crippen molar-refractivity contribution in [3.63, 3.8) is 0 Å². The molecule has 21 heavy (non-hydrogen) atoms. The maximum atomic E-state index is 9.14. The third-order valence-corrected chi connectivity index (χ3v) is 5.60. The Morgan fingerprint density at radius 1 is 1.43 bits per heavy atom. The zero-order valence-electron chi connectivity index (χ0n) is 12.7. The highest BCUT2D eigenvalue weighted by molar-refractivity contribution is 8.00. The molecule has 1 saturated heterocycles. The molecular weight excluding hydrogens is 302 g/mol. The summed E-state index contributed by atoms with van der Waals surface area (Å²) < 4.78 is 0. The van der Waals surface area contributed by atoms with Crippen LogP contribution in [0.3, 0.4) is 0 Å². The van der Waals surface area contributed by atoms with Crippen LogP contribution in [0.4, 0.5) is 5.69 Å². The van der Waals surface area contributed by atoms with Gasteiger partial charge in [-0.3, -0.25) is 0 Å². The lowest BCUT2D eigenvalue weighted by molar-refractivity contribution is 0.318. The predicted molar refractivity (Wildman–Crippen MR) is 94.1 cm³/mol. The van der Waals surface area contributed by atoms with Gasteiger partial charge in [0.1, 0.15) is 0 Å². The molecule has 0 saturated carbocycles. The molecule has 0 aliphatic carbocycles. The van der Waals surface area contributed by atoms with Crippen molar-refractivity contribution in [1.29, 1.82) is 0 Å². The average Bonchev–Trinajstić information content (AvgIpc) is 2.45. The van der Waals surface area contributed by atoms with Gasteiger partial charge in [-0.05, 0) is 17.9 Å². The summed E-state index contributed by atoms with van der Waals surface area (Å²) in [5.41, 5.74) is 7.89. The van der Waals surface area contributed by atoms with Crippen molar-refractivity contribution in [2.45, 2.75) is 36.2 Å². The molecule has 1 aliphatic rings. The van der Waals surface area contributed by atoms with Gasteiger partial charge in [-0.15, -0.1) is 11.8 Å². The van der Waals surface area contributed by atoms with Crippen LogP contribution in [0.5, 0.6) is 0 Å². The third kappa shape index (κ3) is 3.80. The summed E-state index contributed by atoms with van der Waals surface area (Å²) in [4.78, 5) is 3.43. The van der Waals surface area contributed by atoms with Crippen LogP contribution in [0.25, 0.3) is 0 Å². The number of oxime groups is 1. The summed E-state index contributed by atoms with van der Waals surface area (Å²) in [5, 5.41) is 13.5. The van der Waals surface area contributed by atoms with Gasteiger partial charge in [-0.25, -0.2) is 0 Å². The highest BCUT2D eigenvalue weighted by Gasteiger charge is 2.25.